The van der Waals surface area contributed by atoms with E-state index in [0.29, 0.717) is 19.3 Å². The SMILES string of the molecule is NC(=O)O[C@@H](Cc1cccc(Cc2cncs2)c1)[C@@H]1C[C@H](Cc2ccccc2)OC(=O)N1. The molecule has 3 N–H and O–H groups in total. The van der Waals surface area contributed by atoms with Crippen LogP contribution in [0.4, 0.5) is 9.59 Å². The zero-order chi connectivity index (χ0) is 22.3. The molecule has 3 aromatic rings. The van der Waals surface area contributed by atoms with Crippen LogP contribution >= 0.6 is 11.3 Å². The van der Waals surface area contributed by atoms with Crippen LogP contribution in [0.5, 0.6) is 0 Å². The quantitative estimate of drug-likeness (QED) is 0.541. The number of ether oxygens (including phenoxy) is 2. The fourth-order valence-electron chi connectivity index (χ4n) is 4.02. The number of nitrogens with one attached hydrogen (secondary N) is 1. The Balaban J connectivity index is 1.47. The van der Waals surface area contributed by atoms with Crippen LogP contribution in [0.15, 0.2) is 66.3 Å². The summed E-state index contributed by atoms with van der Waals surface area (Å²) in [4.78, 5) is 29.2. The van der Waals surface area contributed by atoms with E-state index < -0.39 is 24.3 Å². The number of nitrogens with two attached hydrogens (primary N) is 1. The summed E-state index contributed by atoms with van der Waals surface area (Å²) in [5, 5.41) is 2.81. The van der Waals surface area contributed by atoms with Gasteiger partial charge in [-0.05, 0) is 16.7 Å². The molecule has 0 bridgehead atoms. The number of cyclic esters (lactones) is 1. The molecule has 1 saturated heterocycles. The summed E-state index contributed by atoms with van der Waals surface area (Å²) >= 11 is 1.61. The maximum atomic E-state index is 12.2. The first-order valence-electron chi connectivity index (χ1n) is 10.5. The predicted molar refractivity (Wildman–Crippen MR) is 121 cm³/mol. The number of hydrogen-bond acceptors (Lipinski definition) is 6. The molecule has 0 radical (unpaired) electrons. The Morgan fingerprint density at radius 1 is 1.19 bits per heavy atom. The van der Waals surface area contributed by atoms with Crippen molar-refractivity contribution in [3.05, 3.63) is 87.9 Å². The van der Waals surface area contributed by atoms with Crippen LogP contribution in [-0.2, 0) is 28.7 Å². The van der Waals surface area contributed by atoms with Gasteiger partial charge in [0.2, 0.25) is 0 Å². The normalized spacial score (nSPS) is 18.9. The fraction of sp³-hybridized carbons (Fsp3) is 0.292. The number of hydrogen-bond donors (Lipinski definition) is 2. The van der Waals surface area contributed by atoms with Crippen LogP contribution < -0.4 is 11.1 Å². The van der Waals surface area contributed by atoms with E-state index in [9.17, 15) is 9.59 Å². The molecular formula is C24H25N3O4S. The lowest BCUT2D eigenvalue weighted by Gasteiger charge is -2.34. The molecule has 166 valence electrons. The highest BCUT2D eigenvalue weighted by molar-refractivity contribution is 7.09. The molecule has 7 nitrogen and oxygen atoms in total. The summed E-state index contributed by atoms with van der Waals surface area (Å²) in [5.41, 5.74) is 10.4. The number of rotatable bonds is 8. The molecule has 0 aliphatic carbocycles. The van der Waals surface area contributed by atoms with Crippen LogP contribution in [0.25, 0.3) is 0 Å². The van der Waals surface area contributed by atoms with Crippen molar-refractivity contribution in [2.75, 3.05) is 0 Å². The van der Waals surface area contributed by atoms with Crippen LogP contribution in [-0.4, -0.2) is 35.4 Å². The minimum atomic E-state index is -0.865. The zero-order valence-electron chi connectivity index (χ0n) is 17.5. The molecule has 4 rings (SSSR count). The van der Waals surface area contributed by atoms with Crippen molar-refractivity contribution in [2.45, 2.75) is 43.9 Å². The van der Waals surface area contributed by atoms with Crippen molar-refractivity contribution >= 4 is 23.5 Å². The standard InChI is InChI=1S/C24H25N3O4S/c25-23(28)31-22(12-18-8-4-7-17(9-18)11-20-14-26-15-32-20)21-13-19(30-24(29)27-21)10-16-5-2-1-3-6-16/h1-9,14-15,19,21-22H,10-13H2,(H2,25,28)(H,27,29)/t19-,21-,22-/m0/s1. The Morgan fingerprint density at radius 2 is 1.97 bits per heavy atom. The molecule has 0 saturated carbocycles. The zero-order valence-corrected chi connectivity index (χ0v) is 18.3. The summed E-state index contributed by atoms with van der Waals surface area (Å²) in [7, 11) is 0. The van der Waals surface area contributed by atoms with Gasteiger partial charge in [0.25, 0.3) is 0 Å². The first-order chi connectivity index (χ1) is 15.5. The first kappa shape index (κ1) is 21.8. The Labute approximate surface area is 190 Å². The third kappa shape index (κ3) is 6.07. The highest BCUT2D eigenvalue weighted by Crippen LogP contribution is 2.22. The second-order valence-corrected chi connectivity index (χ2v) is 8.82. The summed E-state index contributed by atoms with van der Waals surface area (Å²) in [6.45, 7) is 0. The second kappa shape index (κ2) is 10.3. The molecule has 32 heavy (non-hydrogen) atoms. The van der Waals surface area contributed by atoms with E-state index >= 15 is 0 Å². The van der Waals surface area contributed by atoms with Gasteiger partial charge in [0.1, 0.15) is 12.2 Å². The van der Waals surface area contributed by atoms with Crippen molar-refractivity contribution < 1.29 is 19.1 Å². The molecule has 0 spiro atoms. The van der Waals surface area contributed by atoms with Crippen LogP contribution in [0.1, 0.15) is 28.0 Å². The second-order valence-electron chi connectivity index (χ2n) is 7.85. The number of alkyl carbamates (subject to hydrolysis) is 1. The summed E-state index contributed by atoms with van der Waals surface area (Å²) in [6, 6.07) is 17.5. The van der Waals surface area contributed by atoms with Gasteiger partial charge in [-0.1, -0.05) is 54.6 Å². The van der Waals surface area contributed by atoms with E-state index in [1.54, 1.807) is 11.3 Å². The number of amides is 2. The van der Waals surface area contributed by atoms with E-state index in [1.807, 2.05) is 54.2 Å². The molecule has 8 heteroatoms. The molecule has 3 atom stereocenters. The van der Waals surface area contributed by atoms with Crippen molar-refractivity contribution in [1.82, 2.24) is 10.3 Å². The lowest BCUT2D eigenvalue weighted by atomic mass is 9.93. The number of nitrogens with zero attached hydrogens (tertiary/aromatic N) is 1. The highest BCUT2D eigenvalue weighted by atomic mass is 32.1. The van der Waals surface area contributed by atoms with Gasteiger partial charge in [0.05, 0.1) is 11.6 Å². The van der Waals surface area contributed by atoms with Crippen LogP contribution in [0, 0.1) is 0 Å². The van der Waals surface area contributed by atoms with Gasteiger partial charge in [-0.25, -0.2) is 9.59 Å². The molecule has 1 aliphatic heterocycles. The van der Waals surface area contributed by atoms with Crippen molar-refractivity contribution in [3.63, 3.8) is 0 Å². The molecule has 1 fully saturated rings. The van der Waals surface area contributed by atoms with Crippen LogP contribution in [0.2, 0.25) is 0 Å². The molecule has 2 heterocycles. The first-order valence-corrected chi connectivity index (χ1v) is 11.4. The summed E-state index contributed by atoms with van der Waals surface area (Å²) in [6.07, 6.45) is 1.90. The monoisotopic (exact) mass is 451 g/mol. The maximum absolute atomic E-state index is 12.2. The molecule has 1 aromatic heterocycles. The van der Waals surface area contributed by atoms with E-state index in [2.05, 4.69) is 22.4 Å². The Bertz CT molecular complexity index is 1040. The molecule has 0 unspecified atom stereocenters. The highest BCUT2D eigenvalue weighted by Gasteiger charge is 2.35. The Kier molecular flexibility index (Phi) is 7.01. The average molecular weight is 452 g/mol. The van der Waals surface area contributed by atoms with Gasteiger partial charge < -0.3 is 20.5 Å². The molecular weight excluding hydrogens is 426 g/mol. The lowest BCUT2D eigenvalue weighted by Crippen LogP contribution is -2.53. The topological polar surface area (TPSA) is 104 Å². The van der Waals surface area contributed by atoms with Gasteiger partial charge in [-0.3, -0.25) is 4.98 Å². The predicted octanol–water partition coefficient (Wildman–Crippen LogP) is 3.85. The number of thiazole rings is 1. The van der Waals surface area contributed by atoms with Gasteiger partial charge in [-0.2, -0.15) is 0 Å². The van der Waals surface area contributed by atoms with E-state index in [0.717, 1.165) is 23.1 Å². The third-order valence-electron chi connectivity index (χ3n) is 5.41. The molecule has 1 aliphatic rings. The number of carbonyl (C=O) groups is 2. The Hall–Kier alpha value is -3.39. The average Bonchev–Trinajstić information content (AvgIpc) is 3.27. The van der Waals surface area contributed by atoms with E-state index in [1.165, 1.54) is 4.88 Å². The number of benzene rings is 2. The van der Waals surface area contributed by atoms with E-state index in [4.69, 9.17) is 15.2 Å². The number of carbonyl (C=O) groups excluding carboxylic acids is 2. The van der Waals surface area contributed by atoms with Gasteiger partial charge in [0.15, 0.2) is 0 Å². The number of aromatic nitrogens is 1. The molecule has 2 aromatic carbocycles. The van der Waals surface area contributed by atoms with Gasteiger partial charge >= 0.3 is 12.2 Å². The smallest absolute Gasteiger partial charge is 0.407 e. The Morgan fingerprint density at radius 3 is 2.72 bits per heavy atom. The van der Waals surface area contributed by atoms with E-state index in [-0.39, 0.29) is 6.10 Å². The lowest BCUT2D eigenvalue weighted by molar-refractivity contribution is 0.0168. The van der Waals surface area contributed by atoms with Crippen molar-refractivity contribution in [2.24, 2.45) is 5.73 Å². The van der Waals surface area contributed by atoms with Crippen molar-refractivity contribution in [3.8, 4) is 0 Å². The summed E-state index contributed by atoms with van der Waals surface area (Å²) in [5.74, 6) is 0. The third-order valence-corrected chi connectivity index (χ3v) is 6.19. The minimum absolute atomic E-state index is 0.312. The van der Waals surface area contributed by atoms with Crippen molar-refractivity contribution in [1.29, 1.82) is 0 Å². The van der Waals surface area contributed by atoms with Gasteiger partial charge in [-0.15, -0.1) is 11.3 Å². The largest absolute Gasteiger partial charge is 0.446 e. The van der Waals surface area contributed by atoms with Crippen LogP contribution in [0.3, 0.4) is 0 Å². The maximum Gasteiger partial charge on any atom is 0.407 e. The number of primary amides is 1. The minimum Gasteiger partial charge on any atom is -0.446 e. The summed E-state index contributed by atoms with van der Waals surface area (Å²) < 4.78 is 10.9. The molecule has 2 amide bonds. The fourth-order valence-corrected chi connectivity index (χ4v) is 4.65. The van der Waals surface area contributed by atoms with Gasteiger partial charge in [0, 0.05) is 36.8 Å².